The topological polar surface area (TPSA) is 85.7 Å². The van der Waals surface area contributed by atoms with Gasteiger partial charge in [0.05, 0.1) is 28.7 Å². The number of nitrogens with zero attached hydrogens (tertiary/aromatic N) is 2. The monoisotopic (exact) mass is 467 g/mol. The van der Waals surface area contributed by atoms with Gasteiger partial charge in [0.1, 0.15) is 12.4 Å². The van der Waals surface area contributed by atoms with Crippen LogP contribution in [0.4, 0.5) is 4.39 Å². The van der Waals surface area contributed by atoms with Crippen LogP contribution in [-0.4, -0.2) is 22.5 Å². The maximum absolute atomic E-state index is 13.9. The maximum atomic E-state index is 13.9. The minimum atomic E-state index is -0.670. The van der Waals surface area contributed by atoms with Gasteiger partial charge in [-0.15, -0.1) is 4.68 Å². The Morgan fingerprint density at radius 3 is 2.64 bits per heavy atom. The number of ether oxygens (including phenoxy) is 2. The number of halogens is 2. The molecule has 0 fully saturated rings. The molecule has 1 heterocycles. The van der Waals surface area contributed by atoms with Gasteiger partial charge in [0, 0.05) is 5.56 Å². The van der Waals surface area contributed by atoms with E-state index in [1.165, 1.54) is 12.3 Å². The number of fused-ring (bicyclic) bond motifs is 1. The molecule has 0 aliphatic rings. The van der Waals surface area contributed by atoms with Gasteiger partial charge in [-0.1, -0.05) is 41.9 Å². The van der Waals surface area contributed by atoms with Gasteiger partial charge < -0.3 is 14.5 Å². The molecule has 3 aromatic carbocycles. The molecule has 0 radical (unpaired) electrons. The molecule has 4 aromatic rings. The number of rotatable bonds is 7. The van der Waals surface area contributed by atoms with Crippen molar-refractivity contribution in [1.82, 2.24) is 9.66 Å². The third kappa shape index (κ3) is 4.80. The van der Waals surface area contributed by atoms with Crippen molar-refractivity contribution in [2.24, 2.45) is 5.10 Å². The van der Waals surface area contributed by atoms with Gasteiger partial charge in [-0.2, -0.15) is 5.10 Å². The fraction of sp³-hybridized carbons (Fsp3) is 0.125. The summed E-state index contributed by atoms with van der Waals surface area (Å²) in [6.45, 7) is 2.09. The standard InChI is InChI=1S/C24H19ClFN3O4/c1-2-32-21-12-15(11-18(25)22(21)33-14-16-7-3-5-9-19(16)26)13-27-29-23(30)17-8-4-6-10-20(17)28-24(29)31/h3-13H,2,14H2,1H3,(H,28,31). The minimum Gasteiger partial charge on any atom is -0.490 e. The molecule has 0 amide bonds. The van der Waals surface area contributed by atoms with E-state index in [9.17, 15) is 14.0 Å². The molecule has 1 aromatic heterocycles. The molecular formula is C24H19ClFN3O4. The van der Waals surface area contributed by atoms with Crippen LogP contribution in [0, 0.1) is 5.82 Å². The molecule has 4 rings (SSSR count). The summed E-state index contributed by atoms with van der Waals surface area (Å²) >= 11 is 6.40. The van der Waals surface area contributed by atoms with Gasteiger partial charge in [-0.05, 0) is 42.8 Å². The average Bonchev–Trinajstić information content (AvgIpc) is 2.79. The van der Waals surface area contributed by atoms with Crippen LogP contribution in [0.15, 0.2) is 75.4 Å². The SMILES string of the molecule is CCOc1cc(C=Nn2c(=O)[nH]c3ccccc3c2=O)cc(Cl)c1OCc1ccccc1F. The number of nitrogens with one attached hydrogen (secondary N) is 1. The van der Waals surface area contributed by atoms with Crippen LogP contribution in [0.5, 0.6) is 11.5 Å². The van der Waals surface area contributed by atoms with Crippen molar-refractivity contribution in [3.05, 3.63) is 103 Å². The van der Waals surface area contributed by atoms with Gasteiger partial charge in [0.25, 0.3) is 5.56 Å². The van der Waals surface area contributed by atoms with Crippen LogP contribution in [0.2, 0.25) is 5.02 Å². The van der Waals surface area contributed by atoms with Gasteiger partial charge in [-0.25, -0.2) is 9.18 Å². The van der Waals surface area contributed by atoms with Crippen molar-refractivity contribution in [3.8, 4) is 11.5 Å². The smallest absolute Gasteiger partial charge is 0.349 e. The summed E-state index contributed by atoms with van der Waals surface area (Å²) in [6.07, 6.45) is 1.32. The Kier molecular flexibility index (Phi) is 6.55. The van der Waals surface area contributed by atoms with Crippen LogP contribution < -0.4 is 20.7 Å². The summed E-state index contributed by atoms with van der Waals surface area (Å²) in [5, 5.41) is 4.57. The fourth-order valence-corrected chi connectivity index (χ4v) is 3.49. The zero-order valence-electron chi connectivity index (χ0n) is 17.5. The van der Waals surface area contributed by atoms with E-state index in [0.717, 1.165) is 4.68 Å². The van der Waals surface area contributed by atoms with E-state index in [0.29, 0.717) is 34.4 Å². The number of hydrogen-bond donors (Lipinski definition) is 1. The first kappa shape index (κ1) is 22.3. The first-order valence-corrected chi connectivity index (χ1v) is 10.5. The van der Waals surface area contributed by atoms with E-state index in [1.807, 2.05) is 0 Å². The molecular weight excluding hydrogens is 449 g/mol. The molecule has 0 aliphatic heterocycles. The third-order valence-electron chi connectivity index (χ3n) is 4.77. The van der Waals surface area contributed by atoms with E-state index < -0.39 is 11.2 Å². The largest absolute Gasteiger partial charge is 0.490 e. The Balaban J connectivity index is 1.66. The van der Waals surface area contributed by atoms with Crippen molar-refractivity contribution in [1.29, 1.82) is 0 Å². The zero-order valence-corrected chi connectivity index (χ0v) is 18.3. The number of para-hydroxylation sites is 1. The average molecular weight is 468 g/mol. The van der Waals surface area contributed by atoms with Crippen LogP contribution in [0.25, 0.3) is 10.9 Å². The molecule has 0 unspecified atom stereocenters. The number of benzene rings is 3. The Labute approximate surface area is 192 Å². The molecule has 0 saturated carbocycles. The highest BCUT2D eigenvalue weighted by atomic mass is 35.5. The third-order valence-corrected chi connectivity index (χ3v) is 5.05. The Hall–Kier alpha value is -3.91. The van der Waals surface area contributed by atoms with E-state index in [2.05, 4.69) is 10.1 Å². The summed E-state index contributed by atoms with van der Waals surface area (Å²) in [5.41, 5.74) is 0.0529. The number of H-pyrrole nitrogens is 1. The highest BCUT2D eigenvalue weighted by molar-refractivity contribution is 6.32. The molecule has 0 spiro atoms. The number of hydrogen-bond acceptors (Lipinski definition) is 5. The summed E-state index contributed by atoms with van der Waals surface area (Å²) in [5.74, 6) is 0.184. The van der Waals surface area contributed by atoms with Crippen molar-refractivity contribution < 1.29 is 13.9 Å². The van der Waals surface area contributed by atoms with Crippen LogP contribution >= 0.6 is 11.6 Å². The Morgan fingerprint density at radius 1 is 1.09 bits per heavy atom. The van der Waals surface area contributed by atoms with E-state index in [-0.39, 0.29) is 23.2 Å². The predicted octanol–water partition coefficient (Wildman–Crippen LogP) is 4.34. The summed E-state index contributed by atoms with van der Waals surface area (Å²) in [6, 6.07) is 16.1. The zero-order chi connectivity index (χ0) is 23.4. The first-order valence-electron chi connectivity index (χ1n) is 10.1. The highest BCUT2D eigenvalue weighted by Crippen LogP contribution is 2.37. The molecule has 0 saturated heterocycles. The van der Waals surface area contributed by atoms with Gasteiger partial charge in [0.15, 0.2) is 11.5 Å². The molecule has 0 aliphatic carbocycles. The second-order valence-corrected chi connectivity index (χ2v) is 7.39. The molecule has 7 nitrogen and oxygen atoms in total. The summed E-state index contributed by atoms with van der Waals surface area (Å²) < 4.78 is 26.0. The highest BCUT2D eigenvalue weighted by Gasteiger charge is 2.14. The predicted molar refractivity (Wildman–Crippen MR) is 125 cm³/mol. The van der Waals surface area contributed by atoms with Crippen LogP contribution in [0.3, 0.4) is 0 Å². The minimum absolute atomic E-state index is 0.0399. The quantitative estimate of drug-likeness (QED) is 0.410. The van der Waals surface area contributed by atoms with Gasteiger partial charge in [-0.3, -0.25) is 4.79 Å². The van der Waals surface area contributed by atoms with E-state index >= 15 is 0 Å². The lowest BCUT2D eigenvalue weighted by atomic mass is 10.2. The van der Waals surface area contributed by atoms with Crippen molar-refractivity contribution >= 4 is 28.7 Å². The van der Waals surface area contributed by atoms with E-state index in [4.69, 9.17) is 21.1 Å². The van der Waals surface area contributed by atoms with Crippen molar-refractivity contribution in [2.45, 2.75) is 13.5 Å². The molecule has 168 valence electrons. The molecule has 33 heavy (non-hydrogen) atoms. The Morgan fingerprint density at radius 2 is 1.85 bits per heavy atom. The lowest BCUT2D eigenvalue weighted by molar-refractivity contribution is 0.266. The van der Waals surface area contributed by atoms with Crippen LogP contribution in [-0.2, 0) is 6.61 Å². The van der Waals surface area contributed by atoms with Gasteiger partial charge >= 0.3 is 5.69 Å². The number of aromatic nitrogens is 2. The molecule has 0 bridgehead atoms. The number of aromatic amines is 1. The fourth-order valence-electron chi connectivity index (χ4n) is 3.21. The molecule has 0 atom stereocenters. The lowest BCUT2D eigenvalue weighted by Crippen LogP contribution is -2.32. The summed E-state index contributed by atoms with van der Waals surface area (Å²) in [4.78, 5) is 27.6. The molecule has 1 N–H and O–H groups in total. The second kappa shape index (κ2) is 9.70. The van der Waals surface area contributed by atoms with Crippen molar-refractivity contribution in [3.63, 3.8) is 0 Å². The maximum Gasteiger partial charge on any atom is 0.349 e. The normalized spacial score (nSPS) is 11.2. The van der Waals surface area contributed by atoms with E-state index in [1.54, 1.807) is 61.5 Å². The Bertz CT molecular complexity index is 1460. The summed E-state index contributed by atoms with van der Waals surface area (Å²) in [7, 11) is 0. The van der Waals surface area contributed by atoms with Crippen LogP contribution in [0.1, 0.15) is 18.1 Å². The molecule has 9 heteroatoms. The van der Waals surface area contributed by atoms with Crippen molar-refractivity contribution in [2.75, 3.05) is 6.61 Å². The lowest BCUT2D eigenvalue weighted by Gasteiger charge is -2.14. The van der Waals surface area contributed by atoms with Gasteiger partial charge in [0.2, 0.25) is 0 Å². The first-order chi connectivity index (χ1) is 16.0. The second-order valence-electron chi connectivity index (χ2n) is 6.98.